The van der Waals surface area contributed by atoms with Crippen molar-refractivity contribution < 1.29 is 19.8 Å². The summed E-state index contributed by atoms with van der Waals surface area (Å²) in [6.45, 7) is 1.93. The Labute approximate surface area is 112 Å². The Kier molecular flexibility index (Phi) is 5.85. The van der Waals surface area contributed by atoms with Crippen molar-refractivity contribution in [2.24, 2.45) is 0 Å². The minimum Gasteiger partial charge on any atom is -0.508 e. The van der Waals surface area contributed by atoms with Crippen molar-refractivity contribution in [3.8, 4) is 5.75 Å². The molecule has 19 heavy (non-hydrogen) atoms. The largest absolute Gasteiger partial charge is 0.508 e. The second-order valence-corrected chi connectivity index (χ2v) is 4.46. The molecule has 1 aromatic carbocycles. The van der Waals surface area contributed by atoms with E-state index in [2.05, 4.69) is 5.32 Å². The fourth-order valence-electron chi connectivity index (χ4n) is 1.90. The maximum atomic E-state index is 11.8. The lowest BCUT2D eigenvalue weighted by Crippen LogP contribution is -2.37. The van der Waals surface area contributed by atoms with Gasteiger partial charge < -0.3 is 15.5 Å². The SMILES string of the molecule is CCCC(CC(=O)O)NC(=O)Cc1ccccc1O. The van der Waals surface area contributed by atoms with Gasteiger partial charge in [0.15, 0.2) is 0 Å². The highest BCUT2D eigenvalue weighted by molar-refractivity contribution is 5.80. The third kappa shape index (κ3) is 5.42. The van der Waals surface area contributed by atoms with Crippen LogP contribution in [-0.4, -0.2) is 28.1 Å². The quantitative estimate of drug-likeness (QED) is 0.700. The first-order chi connectivity index (χ1) is 9.02. The van der Waals surface area contributed by atoms with Crippen molar-refractivity contribution in [2.45, 2.75) is 38.6 Å². The number of aromatic hydroxyl groups is 1. The molecule has 3 N–H and O–H groups in total. The number of amides is 1. The Morgan fingerprint density at radius 2 is 2.00 bits per heavy atom. The third-order valence-corrected chi connectivity index (χ3v) is 2.77. The lowest BCUT2D eigenvalue weighted by Gasteiger charge is -2.16. The molecule has 0 saturated carbocycles. The molecular formula is C14H19NO4. The average molecular weight is 265 g/mol. The molecule has 5 heteroatoms. The zero-order chi connectivity index (χ0) is 14.3. The van der Waals surface area contributed by atoms with Gasteiger partial charge in [0.2, 0.25) is 5.91 Å². The van der Waals surface area contributed by atoms with Crippen LogP contribution in [0.4, 0.5) is 0 Å². The van der Waals surface area contributed by atoms with Crippen LogP contribution in [-0.2, 0) is 16.0 Å². The molecule has 0 fully saturated rings. The topological polar surface area (TPSA) is 86.6 Å². The van der Waals surface area contributed by atoms with Crippen LogP contribution < -0.4 is 5.32 Å². The van der Waals surface area contributed by atoms with Gasteiger partial charge in [-0.3, -0.25) is 9.59 Å². The summed E-state index contributed by atoms with van der Waals surface area (Å²) in [7, 11) is 0. The number of carbonyl (C=O) groups is 2. The maximum absolute atomic E-state index is 11.8. The van der Waals surface area contributed by atoms with Gasteiger partial charge in [0.1, 0.15) is 5.75 Å². The van der Waals surface area contributed by atoms with Crippen molar-refractivity contribution in [3.63, 3.8) is 0 Å². The van der Waals surface area contributed by atoms with Crippen LogP contribution in [0.5, 0.6) is 5.75 Å². The van der Waals surface area contributed by atoms with Crippen LogP contribution in [0.1, 0.15) is 31.7 Å². The minimum absolute atomic E-state index is 0.0481. The van der Waals surface area contributed by atoms with E-state index >= 15 is 0 Å². The van der Waals surface area contributed by atoms with Gasteiger partial charge in [-0.15, -0.1) is 0 Å². The molecule has 1 atom stereocenters. The van der Waals surface area contributed by atoms with Gasteiger partial charge in [0.05, 0.1) is 12.8 Å². The second kappa shape index (κ2) is 7.41. The molecule has 0 aliphatic heterocycles. The number of phenolic OH excluding ortho intramolecular Hbond substituents is 1. The van der Waals surface area contributed by atoms with E-state index in [1.54, 1.807) is 18.2 Å². The third-order valence-electron chi connectivity index (χ3n) is 2.77. The Morgan fingerprint density at radius 1 is 1.32 bits per heavy atom. The summed E-state index contributed by atoms with van der Waals surface area (Å²) in [5.74, 6) is -1.13. The van der Waals surface area contributed by atoms with E-state index < -0.39 is 5.97 Å². The molecule has 0 aromatic heterocycles. The van der Waals surface area contributed by atoms with Crippen LogP contribution >= 0.6 is 0 Å². The van der Waals surface area contributed by atoms with Crippen LogP contribution in [0.2, 0.25) is 0 Å². The first-order valence-electron chi connectivity index (χ1n) is 6.31. The molecule has 0 bridgehead atoms. The fraction of sp³-hybridized carbons (Fsp3) is 0.429. The predicted molar refractivity (Wildman–Crippen MR) is 70.9 cm³/mol. The summed E-state index contributed by atoms with van der Waals surface area (Å²) in [5.41, 5.74) is 0.533. The minimum atomic E-state index is -0.929. The molecule has 1 amide bonds. The molecular weight excluding hydrogens is 246 g/mol. The zero-order valence-corrected chi connectivity index (χ0v) is 10.9. The van der Waals surface area contributed by atoms with Crippen molar-refractivity contribution >= 4 is 11.9 Å². The van der Waals surface area contributed by atoms with E-state index in [0.29, 0.717) is 12.0 Å². The highest BCUT2D eigenvalue weighted by Crippen LogP contribution is 2.16. The molecule has 1 aromatic rings. The van der Waals surface area contributed by atoms with Crippen molar-refractivity contribution in [2.75, 3.05) is 0 Å². The van der Waals surface area contributed by atoms with Gasteiger partial charge in [-0.05, 0) is 12.5 Å². The average Bonchev–Trinajstić information content (AvgIpc) is 2.31. The maximum Gasteiger partial charge on any atom is 0.305 e. The number of nitrogens with one attached hydrogen (secondary N) is 1. The van der Waals surface area contributed by atoms with E-state index in [-0.39, 0.29) is 30.5 Å². The summed E-state index contributed by atoms with van der Waals surface area (Å²) in [6.07, 6.45) is 1.39. The van der Waals surface area contributed by atoms with E-state index in [1.165, 1.54) is 6.07 Å². The number of para-hydroxylation sites is 1. The van der Waals surface area contributed by atoms with Gasteiger partial charge in [0.25, 0.3) is 0 Å². The number of carboxylic acids is 1. The van der Waals surface area contributed by atoms with Gasteiger partial charge >= 0.3 is 5.97 Å². The van der Waals surface area contributed by atoms with Gasteiger partial charge in [-0.25, -0.2) is 0 Å². The predicted octanol–water partition coefficient (Wildman–Crippen LogP) is 1.69. The van der Waals surface area contributed by atoms with E-state index in [1.807, 2.05) is 6.92 Å². The molecule has 0 aliphatic carbocycles. The monoisotopic (exact) mass is 265 g/mol. The molecule has 1 unspecified atom stereocenters. The first kappa shape index (κ1) is 15.0. The number of benzene rings is 1. The zero-order valence-electron chi connectivity index (χ0n) is 10.9. The Balaban J connectivity index is 2.57. The lowest BCUT2D eigenvalue weighted by molar-refractivity contribution is -0.137. The molecule has 0 radical (unpaired) electrons. The fourth-order valence-corrected chi connectivity index (χ4v) is 1.90. The molecule has 0 saturated heterocycles. The molecule has 5 nitrogen and oxygen atoms in total. The van der Waals surface area contributed by atoms with Crippen LogP contribution in [0, 0.1) is 0 Å². The number of hydrogen-bond acceptors (Lipinski definition) is 3. The van der Waals surface area contributed by atoms with Gasteiger partial charge in [-0.1, -0.05) is 31.5 Å². The second-order valence-electron chi connectivity index (χ2n) is 4.46. The Morgan fingerprint density at radius 3 is 2.58 bits per heavy atom. The molecule has 0 heterocycles. The molecule has 104 valence electrons. The number of rotatable bonds is 7. The van der Waals surface area contributed by atoms with Crippen LogP contribution in [0.25, 0.3) is 0 Å². The highest BCUT2D eigenvalue weighted by Gasteiger charge is 2.16. The van der Waals surface area contributed by atoms with Crippen molar-refractivity contribution in [3.05, 3.63) is 29.8 Å². The van der Waals surface area contributed by atoms with Crippen molar-refractivity contribution in [1.82, 2.24) is 5.32 Å². The standard InChI is InChI=1S/C14H19NO4/c1-2-5-11(9-14(18)19)15-13(17)8-10-6-3-4-7-12(10)16/h3-4,6-7,11,16H,2,5,8-9H2,1H3,(H,15,17)(H,18,19). The van der Waals surface area contributed by atoms with Gasteiger partial charge in [-0.2, -0.15) is 0 Å². The van der Waals surface area contributed by atoms with Crippen molar-refractivity contribution in [1.29, 1.82) is 0 Å². The summed E-state index contributed by atoms with van der Waals surface area (Å²) in [4.78, 5) is 22.5. The molecule has 0 aliphatic rings. The summed E-state index contributed by atoms with van der Waals surface area (Å²) < 4.78 is 0. The van der Waals surface area contributed by atoms with Crippen LogP contribution in [0.15, 0.2) is 24.3 Å². The highest BCUT2D eigenvalue weighted by atomic mass is 16.4. The number of carboxylic acid groups (broad SMARTS) is 1. The number of hydrogen-bond donors (Lipinski definition) is 3. The Hall–Kier alpha value is -2.04. The first-order valence-corrected chi connectivity index (χ1v) is 6.31. The summed E-state index contributed by atoms with van der Waals surface area (Å²) in [6, 6.07) is 6.25. The Bertz CT molecular complexity index is 445. The smallest absolute Gasteiger partial charge is 0.305 e. The van der Waals surface area contributed by atoms with E-state index in [4.69, 9.17) is 5.11 Å². The number of carbonyl (C=O) groups excluding carboxylic acids is 1. The molecule has 1 rings (SSSR count). The van der Waals surface area contributed by atoms with E-state index in [9.17, 15) is 14.7 Å². The number of aliphatic carboxylic acids is 1. The normalized spacial score (nSPS) is 11.8. The molecule has 0 spiro atoms. The number of phenols is 1. The summed E-state index contributed by atoms with van der Waals surface area (Å²) in [5, 5.41) is 21.0. The lowest BCUT2D eigenvalue weighted by atomic mass is 10.1. The summed E-state index contributed by atoms with van der Waals surface area (Å²) >= 11 is 0. The van der Waals surface area contributed by atoms with E-state index in [0.717, 1.165) is 6.42 Å². The van der Waals surface area contributed by atoms with Gasteiger partial charge in [0, 0.05) is 11.6 Å². The van der Waals surface area contributed by atoms with Crippen LogP contribution in [0.3, 0.4) is 0 Å².